The van der Waals surface area contributed by atoms with Crippen LogP contribution in [-0.4, -0.2) is 16.1 Å². The molecule has 1 aliphatic heterocycles. The second kappa shape index (κ2) is 3.40. The molecule has 2 fully saturated rings. The second-order valence-corrected chi connectivity index (χ2v) is 5.86. The van der Waals surface area contributed by atoms with Gasteiger partial charge in [-0.1, -0.05) is 12.8 Å². The molecule has 1 saturated carbocycles. The summed E-state index contributed by atoms with van der Waals surface area (Å²) < 4.78 is 0. The zero-order valence-electron chi connectivity index (χ0n) is 6.21. The van der Waals surface area contributed by atoms with Crippen molar-refractivity contribution in [1.82, 2.24) is 0 Å². The van der Waals surface area contributed by atoms with E-state index in [1.165, 1.54) is 36.5 Å². The lowest BCUT2D eigenvalue weighted by Gasteiger charge is -2.34. The van der Waals surface area contributed by atoms with E-state index in [4.69, 9.17) is 0 Å². The predicted molar refractivity (Wildman–Crippen MR) is 50.7 cm³/mol. The van der Waals surface area contributed by atoms with Crippen molar-refractivity contribution in [3.63, 3.8) is 0 Å². The molecule has 0 aromatic carbocycles. The molecule has 0 spiro atoms. The molecule has 2 aliphatic rings. The molecule has 0 bridgehead atoms. The third-order valence-electron chi connectivity index (χ3n) is 2.54. The van der Waals surface area contributed by atoms with E-state index in [-0.39, 0.29) is 0 Å². The van der Waals surface area contributed by atoms with Crippen LogP contribution < -0.4 is 0 Å². The van der Waals surface area contributed by atoms with E-state index < -0.39 is 0 Å². The molecule has 0 N–H and O–H groups in total. The van der Waals surface area contributed by atoms with Crippen molar-refractivity contribution in [2.24, 2.45) is 5.92 Å². The van der Waals surface area contributed by atoms with Crippen molar-refractivity contribution in [3.8, 4) is 0 Å². The molecule has 1 heterocycles. The maximum Gasteiger partial charge on any atom is 0.0395 e. The van der Waals surface area contributed by atoms with E-state index in [2.05, 4.69) is 23.5 Å². The lowest BCUT2D eigenvalue weighted by atomic mass is 9.90. The first-order chi connectivity index (χ1) is 4.97. The highest BCUT2D eigenvalue weighted by molar-refractivity contribution is 8.16. The zero-order chi connectivity index (χ0) is 6.81. The van der Waals surface area contributed by atoms with Gasteiger partial charge < -0.3 is 0 Å². The van der Waals surface area contributed by atoms with Crippen LogP contribution in [0.2, 0.25) is 0 Å². The van der Waals surface area contributed by atoms with Gasteiger partial charge >= 0.3 is 0 Å². The number of rotatable bonds is 0. The van der Waals surface area contributed by atoms with E-state index in [0.717, 1.165) is 11.2 Å². The molecular weight excluding hydrogens is 160 g/mol. The molecule has 2 rings (SSSR count). The monoisotopic (exact) mass is 174 g/mol. The average Bonchev–Trinajstić information content (AvgIpc) is 2.05. The highest BCUT2D eigenvalue weighted by atomic mass is 32.2. The Bertz CT molecular complexity index is 87.8. The summed E-state index contributed by atoms with van der Waals surface area (Å²) in [5.41, 5.74) is 0. The second-order valence-electron chi connectivity index (χ2n) is 3.24. The van der Waals surface area contributed by atoms with Crippen LogP contribution in [0.1, 0.15) is 25.7 Å². The van der Waals surface area contributed by atoms with Gasteiger partial charge in [0, 0.05) is 10.3 Å². The Labute approximate surface area is 71.5 Å². The van der Waals surface area contributed by atoms with Gasteiger partial charge in [-0.3, -0.25) is 0 Å². The van der Waals surface area contributed by atoms with Crippen LogP contribution >= 0.6 is 23.5 Å². The first-order valence-electron chi connectivity index (χ1n) is 4.16. The molecule has 1 aliphatic carbocycles. The van der Waals surface area contributed by atoms with Gasteiger partial charge in [0.05, 0.1) is 0 Å². The Kier molecular flexibility index (Phi) is 2.50. The van der Waals surface area contributed by atoms with Crippen molar-refractivity contribution < 1.29 is 0 Å². The summed E-state index contributed by atoms with van der Waals surface area (Å²) in [6, 6.07) is 0. The van der Waals surface area contributed by atoms with Gasteiger partial charge in [-0.15, -0.1) is 11.8 Å². The Morgan fingerprint density at radius 1 is 1.10 bits per heavy atom. The molecule has 10 heavy (non-hydrogen) atoms. The Morgan fingerprint density at radius 3 is 2.90 bits per heavy atom. The molecule has 1 saturated heterocycles. The SMILES string of the molecule is C1CCC2SCSCC2C1. The lowest BCUT2D eigenvalue weighted by Crippen LogP contribution is -2.26. The predicted octanol–water partition coefficient (Wildman–Crippen LogP) is 2.98. The van der Waals surface area contributed by atoms with Crippen molar-refractivity contribution in [2.45, 2.75) is 30.9 Å². The third kappa shape index (κ3) is 1.48. The number of hydrogen-bond donors (Lipinski definition) is 0. The van der Waals surface area contributed by atoms with Gasteiger partial charge in [0.1, 0.15) is 0 Å². The number of thioether (sulfide) groups is 2. The van der Waals surface area contributed by atoms with E-state index in [0.29, 0.717) is 0 Å². The number of fused-ring (bicyclic) bond motifs is 1. The minimum Gasteiger partial charge on any atom is -0.151 e. The summed E-state index contributed by atoms with van der Waals surface area (Å²) >= 11 is 4.35. The smallest absolute Gasteiger partial charge is 0.0395 e. The van der Waals surface area contributed by atoms with Gasteiger partial charge in [-0.2, -0.15) is 11.8 Å². The first kappa shape index (κ1) is 7.35. The summed E-state index contributed by atoms with van der Waals surface area (Å²) in [5.74, 6) is 2.54. The van der Waals surface area contributed by atoms with Gasteiger partial charge in [0.2, 0.25) is 0 Å². The minimum atomic E-state index is 1.05. The molecule has 0 aromatic heterocycles. The van der Waals surface area contributed by atoms with Crippen LogP contribution in [0.15, 0.2) is 0 Å². The molecule has 0 nitrogen and oxygen atoms in total. The largest absolute Gasteiger partial charge is 0.151 e. The van der Waals surface area contributed by atoms with Gasteiger partial charge in [-0.25, -0.2) is 0 Å². The molecule has 2 unspecified atom stereocenters. The van der Waals surface area contributed by atoms with E-state index in [1.54, 1.807) is 0 Å². The van der Waals surface area contributed by atoms with E-state index in [9.17, 15) is 0 Å². The van der Waals surface area contributed by atoms with Crippen molar-refractivity contribution in [1.29, 1.82) is 0 Å². The summed E-state index contributed by atoms with van der Waals surface area (Å²) in [6.07, 6.45) is 6.03. The van der Waals surface area contributed by atoms with Crippen molar-refractivity contribution in [2.75, 3.05) is 10.8 Å². The summed E-state index contributed by atoms with van der Waals surface area (Å²) in [4.78, 5) is 0. The van der Waals surface area contributed by atoms with Gasteiger partial charge in [0.15, 0.2) is 0 Å². The highest BCUT2D eigenvalue weighted by Crippen LogP contribution is 2.40. The van der Waals surface area contributed by atoms with E-state index in [1.807, 2.05) is 0 Å². The Morgan fingerprint density at radius 2 is 2.00 bits per heavy atom. The maximum absolute atomic E-state index is 2.21. The minimum absolute atomic E-state index is 1.05. The topological polar surface area (TPSA) is 0 Å². The molecule has 0 radical (unpaired) electrons. The zero-order valence-corrected chi connectivity index (χ0v) is 7.85. The quantitative estimate of drug-likeness (QED) is 0.554. The first-order valence-corrected chi connectivity index (χ1v) is 6.36. The molecule has 2 atom stereocenters. The fourth-order valence-corrected chi connectivity index (χ4v) is 5.05. The van der Waals surface area contributed by atoms with Crippen LogP contribution in [0.4, 0.5) is 0 Å². The maximum atomic E-state index is 2.21. The molecule has 58 valence electrons. The molecular formula is C8H14S2. The van der Waals surface area contributed by atoms with Gasteiger partial charge in [-0.05, 0) is 24.5 Å². The van der Waals surface area contributed by atoms with Crippen LogP contribution in [-0.2, 0) is 0 Å². The van der Waals surface area contributed by atoms with Crippen molar-refractivity contribution in [3.05, 3.63) is 0 Å². The molecule has 2 heteroatoms. The molecule has 0 amide bonds. The normalized spacial score (nSPS) is 40.8. The van der Waals surface area contributed by atoms with Crippen LogP contribution in [0.25, 0.3) is 0 Å². The lowest BCUT2D eigenvalue weighted by molar-refractivity contribution is 0.402. The number of hydrogen-bond acceptors (Lipinski definition) is 2. The summed E-state index contributed by atoms with van der Waals surface area (Å²) in [7, 11) is 0. The fourth-order valence-electron chi connectivity index (χ4n) is 1.92. The molecule has 0 aromatic rings. The van der Waals surface area contributed by atoms with Crippen LogP contribution in [0.3, 0.4) is 0 Å². The Balaban J connectivity index is 1.93. The summed E-state index contributed by atoms with van der Waals surface area (Å²) in [5, 5.41) is 2.41. The third-order valence-corrected chi connectivity index (χ3v) is 5.46. The van der Waals surface area contributed by atoms with E-state index >= 15 is 0 Å². The highest BCUT2D eigenvalue weighted by Gasteiger charge is 2.27. The Hall–Kier alpha value is 0.700. The van der Waals surface area contributed by atoms with Crippen molar-refractivity contribution >= 4 is 23.5 Å². The standard InChI is InChI=1S/C8H14S2/c1-2-4-8-7(3-1)5-9-6-10-8/h7-8H,1-6H2. The average molecular weight is 174 g/mol. The van der Waals surface area contributed by atoms with Crippen LogP contribution in [0.5, 0.6) is 0 Å². The summed E-state index contributed by atoms with van der Waals surface area (Å²) in [6.45, 7) is 0. The van der Waals surface area contributed by atoms with Gasteiger partial charge in [0.25, 0.3) is 0 Å². The fraction of sp³-hybridized carbons (Fsp3) is 1.00. The van der Waals surface area contributed by atoms with Crippen LogP contribution in [0, 0.1) is 5.92 Å².